The fourth-order valence-corrected chi connectivity index (χ4v) is 3.80. The van der Waals surface area contributed by atoms with E-state index in [0.717, 1.165) is 22.9 Å². The molecule has 10 heteroatoms. The molecule has 0 bridgehead atoms. The average Bonchev–Trinajstić information content (AvgIpc) is 2.92. The SMILES string of the molecule is COC(=O)c1ncsc1S(=O)(=O)Nc1ccc(Br)c(C)n1. The third kappa shape index (κ3) is 3.39. The number of halogens is 1. The minimum absolute atomic E-state index is 0.153. The van der Waals surface area contributed by atoms with Gasteiger partial charge in [-0.25, -0.2) is 23.2 Å². The Balaban J connectivity index is 2.37. The van der Waals surface area contributed by atoms with Crippen molar-refractivity contribution in [2.24, 2.45) is 0 Å². The van der Waals surface area contributed by atoms with E-state index in [4.69, 9.17) is 0 Å². The molecule has 0 unspecified atom stereocenters. The maximum Gasteiger partial charge on any atom is 0.358 e. The van der Waals surface area contributed by atoms with Gasteiger partial charge in [0.05, 0.1) is 18.3 Å². The Bertz CT molecular complexity index is 789. The number of carbonyl (C=O) groups excluding carboxylic acids is 1. The molecule has 0 spiro atoms. The summed E-state index contributed by atoms with van der Waals surface area (Å²) >= 11 is 4.11. The van der Waals surface area contributed by atoms with Crippen molar-refractivity contribution in [2.45, 2.75) is 11.1 Å². The smallest absolute Gasteiger partial charge is 0.358 e. The lowest BCUT2D eigenvalue weighted by Crippen LogP contribution is -2.17. The Kier molecular flexibility index (Phi) is 4.59. The number of hydrogen-bond donors (Lipinski definition) is 1. The van der Waals surface area contributed by atoms with Crippen LogP contribution in [-0.4, -0.2) is 31.5 Å². The third-order valence-corrected chi connectivity index (χ3v) is 5.98. The monoisotopic (exact) mass is 391 g/mol. The fourth-order valence-electron chi connectivity index (χ4n) is 1.44. The molecule has 0 amide bonds. The van der Waals surface area contributed by atoms with Gasteiger partial charge in [-0.05, 0) is 35.0 Å². The van der Waals surface area contributed by atoms with E-state index in [0.29, 0.717) is 5.69 Å². The van der Waals surface area contributed by atoms with Crippen LogP contribution in [0.25, 0.3) is 0 Å². The second-order valence-electron chi connectivity index (χ2n) is 3.85. The Morgan fingerprint density at radius 2 is 2.14 bits per heavy atom. The van der Waals surface area contributed by atoms with Crippen LogP contribution in [0, 0.1) is 6.92 Å². The lowest BCUT2D eigenvalue weighted by molar-refractivity contribution is 0.0590. The molecule has 0 atom stereocenters. The van der Waals surface area contributed by atoms with Crippen LogP contribution in [0.5, 0.6) is 0 Å². The zero-order chi connectivity index (χ0) is 15.6. The number of nitrogens with zero attached hydrogens (tertiary/aromatic N) is 2. The van der Waals surface area contributed by atoms with Gasteiger partial charge in [0, 0.05) is 4.47 Å². The van der Waals surface area contributed by atoms with Gasteiger partial charge < -0.3 is 4.74 Å². The van der Waals surface area contributed by atoms with Crippen molar-refractivity contribution in [3.8, 4) is 0 Å². The summed E-state index contributed by atoms with van der Waals surface area (Å²) < 4.78 is 32.0. The topological polar surface area (TPSA) is 98.2 Å². The number of esters is 1. The van der Waals surface area contributed by atoms with Gasteiger partial charge in [0.2, 0.25) is 0 Å². The zero-order valence-corrected chi connectivity index (χ0v) is 14.2. The second kappa shape index (κ2) is 6.08. The summed E-state index contributed by atoms with van der Waals surface area (Å²) in [6, 6.07) is 3.18. The molecule has 2 heterocycles. The molecule has 0 fully saturated rings. The molecule has 7 nitrogen and oxygen atoms in total. The van der Waals surface area contributed by atoms with Crippen LogP contribution in [0.2, 0.25) is 0 Å². The number of hydrogen-bond acceptors (Lipinski definition) is 7. The van der Waals surface area contributed by atoms with Crippen molar-refractivity contribution in [2.75, 3.05) is 11.8 Å². The maximum absolute atomic E-state index is 12.3. The van der Waals surface area contributed by atoms with E-state index in [2.05, 4.69) is 35.4 Å². The highest BCUT2D eigenvalue weighted by Crippen LogP contribution is 2.24. The fraction of sp³-hybridized carbons (Fsp3) is 0.182. The first-order valence-corrected chi connectivity index (χ1v) is 8.68. The van der Waals surface area contributed by atoms with Crippen molar-refractivity contribution < 1.29 is 17.9 Å². The van der Waals surface area contributed by atoms with E-state index in [-0.39, 0.29) is 15.7 Å². The predicted molar refractivity (Wildman–Crippen MR) is 80.9 cm³/mol. The van der Waals surface area contributed by atoms with Crippen molar-refractivity contribution in [3.05, 3.63) is 33.5 Å². The first kappa shape index (κ1) is 15.9. The minimum Gasteiger partial charge on any atom is -0.464 e. The number of methoxy groups -OCH3 is 1. The molecular weight excluding hydrogens is 382 g/mol. The summed E-state index contributed by atoms with van der Waals surface area (Å²) in [4.78, 5) is 19.3. The van der Waals surface area contributed by atoms with Crippen LogP contribution >= 0.6 is 27.3 Å². The zero-order valence-electron chi connectivity index (χ0n) is 11.0. The number of pyridine rings is 1. The molecule has 0 aromatic carbocycles. The minimum atomic E-state index is -3.96. The molecule has 2 aromatic rings. The number of ether oxygens (including phenoxy) is 1. The van der Waals surface area contributed by atoms with E-state index in [9.17, 15) is 13.2 Å². The summed E-state index contributed by atoms with van der Waals surface area (Å²) in [5, 5.41) is 0. The number of thiazole rings is 1. The molecule has 0 aliphatic carbocycles. The number of rotatable bonds is 4. The number of aryl methyl sites for hydroxylation is 1. The van der Waals surface area contributed by atoms with E-state index in [1.165, 1.54) is 11.6 Å². The Hall–Kier alpha value is -1.52. The number of nitrogens with one attached hydrogen (secondary N) is 1. The summed E-state index contributed by atoms with van der Waals surface area (Å²) in [5.41, 5.74) is 1.65. The van der Waals surface area contributed by atoms with Gasteiger partial charge in [0.15, 0.2) is 9.90 Å². The Morgan fingerprint density at radius 3 is 2.76 bits per heavy atom. The summed E-state index contributed by atoms with van der Waals surface area (Å²) in [6.45, 7) is 1.73. The number of sulfonamides is 1. The largest absolute Gasteiger partial charge is 0.464 e. The lowest BCUT2D eigenvalue weighted by Gasteiger charge is -2.07. The summed E-state index contributed by atoms with van der Waals surface area (Å²) in [5.74, 6) is -0.656. The van der Waals surface area contributed by atoms with Crippen molar-refractivity contribution in [1.29, 1.82) is 0 Å². The van der Waals surface area contributed by atoms with Gasteiger partial charge in [-0.2, -0.15) is 0 Å². The predicted octanol–water partition coefficient (Wildman–Crippen LogP) is 2.20. The first-order valence-electron chi connectivity index (χ1n) is 5.53. The molecule has 0 aliphatic heterocycles. The van der Waals surface area contributed by atoms with Crippen LogP contribution in [0.4, 0.5) is 5.82 Å². The van der Waals surface area contributed by atoms with E-state index >= 15 is 0 Å². The number of aromatic nitrogens is 2. The van der Waals surface area contributed by atoms with Crippen LogP contribution in [0.15, 0.2) is 26.3 Å². The average molecular weight is 392 g/mol. The Labute approximate surface area is 133 Å². The first-order chi connectivity index (χ1) is 9.85. The quantitative estimate of drug-likeness (QED) is 0.802. The Morgan fingerprint density at radius 1 is 1.43 bits per heavy atom. The standard InChI is InChI=1S/C11H10BrN3O4S2/c1-6-7(12)3-4-8(14-6)15-21(17,18)11-9(10(16)19-2)13-5-20-11/h3-5H,1-2H3,(H,14,15). The van der Waals surface area contributed by atoms with Crippen LogP contribution in [0.3, 0.4) is 0 Å². The molecule has 1 N–H and O–H groups in total. The van der Waals surface area contributed by atoms with Gasteiger partial charge in [-0.15, -0.1) is 11.3 Å². The summed E-state index contributed by atoms with van der Waals surface area (Å²) in [7, 11) is -2.80. The molecule has 112 valence electrons. The summed E-state index contributed by atoms with van der Waals surface area (Å²) in [6.07, 6.45) is 0. The molecule has 2 aromatic heterocycles. The van der Waals surface area contributed by atoms with Gasteiger partial charge >= 0.3 is 5.97 Å². The molecule has 0 radical (unpaired) electrons. The van der Waals surface area contributed by atoms with Gasteiger partial charge in [0.25, 0.3) is 10.0 Å². The highest BCUT2D eigenvalue weighted by molar-refractivity contribution is 9.10. The van der Waals surface area contributed by atoms with Crippen LogP contribution in [-0.2, 0) is 14.8 Å². The van der Waals surface area contributed by atoms with E-state index in [1.807, 2.05) is 0 Å². The molecular formula is C11H10BrN3O4S2. The van der Waals surface area contributed by atoms with E-state index < -0.39 is 16.0 Å². The number of carbonyl (C=O) groups is 1. The third-order valence-electron chi connectivity index (χ3n) is 2.42. The van der Waals surface area contributed by atoms with Gasteiger partial charge in [-0.1, -0.05) is 0 Å². The number of anilines is 1. The maximum atomic E-state index is 12.3. The van der Waals surface area contributed by atoms with Crippen molar-refractivity contribution >= 4 is 49.1 Å². The van der Waals surface area contributed by atoms with Crippen LogP contribution < -0.4 is 4.72 Å². The molecule has 0 saturated heterocycles. The molecule has 0 saturated carbocycles. The second-order valence-corrected chi connectivity index (χ2v) is 7.44. The molecule has 2 rings (SSSR count). The van der Waals surface area contributed by atoms with Crippen molar-refractivity contribution in [3.63, 3.8) is 0 Å². The highest BCUT2D eigenvalue weighted by Gasteiger charge is 2.27. The van der Waals surface area contributed by atoms with E-state index in [1.54, 1.807) is 13.0 Å². The van der Waals surface area contributed by atoms with Crippen molar-refractivity contribution in [1.82, 2.24) is 9.97 Å². The normalized spacial score (nSPS) is 11.2. The van der Waals surface area contributed by atoms with Crippen LogP contribution in [0.1, 0.15) is 16.2 Å². The van der Waals surface area contributed by atoms with Gasteiger partial charge in [-0.3, -0.25) is 4.72 Å². The van der Waals surface area contributed by atoms with Gasteiger partial charge in [0.1, 0.15) is 5.82 Å². The molecule has 21 heavy (non-hydrogen) atoms. The molecule has 0 aliphatic rings. The highest BCUT2D eigenvalue weighted by atomic mass is 79.9. The lowest BCUT2D eigenvalue weighted by atomic mass is 10.4.